The third-order valence-corrected chi connectivity index (χ3v) is 7.36. The van der Waals surface area contributed by atoms with Crippen LogP contribution in [0.1, 0.15) is 65.0 Å². The Labute approximate surface area is 257 Å². The van der Waals surface area contributed by atoms with Gasteiger partial charge in [-0.2, -0.15) is 0 Å². The number of halogens is 2. The van der Waals surface area contributed by atoms with Gasteiger partial charge in [-0.25, -0.2) is 13.8 Å². The number of nitrogens with one attached hydrogen (secondary N) is 2. The van der Waals surface area contributed by atoms with Crippen LogP contribution >= 0.6 is 0 Å². The van der Waals surface area contributed by atoms with Gasteiger partial charge in [0.15, 0.2) is 0 Å². The lowest BCUT2D eigenvalue weighted by Crippen LogP contribution is -2.45. The number of para-hydroxylation sites is 1. The highest BCUT2D eigenvalue weighted by Crippen LogP contribution is 2.18. The highest BCUT2D eigenvalue weighted by atomic mass is 19.1. The van der Waals surface area contributed by atoms with Crippen LogP contribution in [0.2, 0.25) is 0 Å². The van der Waals surface area contributed by atoms with E-state index in [1.807, 2.05) is 57.2 Å². The zero-order valence-corrected chi connectivity index (χ0v) is 25.4. The van der Waals surface area contributed by atoms with Crippen LogP contribution in [0.5, 0.6) is 0 Å². The predicted octanol–water partition coefficient (Wildman–Crippen LogP) is 6.29. The van der Waals surface area contributed by atoms with E-state index in [9.17, 15) is 23.5 Å². The van der Waals surface area contributed by atoms with E-state index in [2.05, 4.69) is 15.6 Å². The van der Waals surface area contributed by atoms with Crippen molar-refractivity contribution in [2.75, 3.05) is 25.0 Å². The molecule has 3 N–H and O–H groups in total. The van der Waals surface area contributed by atoms with Crippen LogP contribution < -0.4 is 10.6 Å². The van der Waals surface area contributed by atoms with Gasteiger partial charge < -0.3 is 20.6 Å². The first-order valence-electron chi connectivity index (χ1n) is 15.1. The molecule has 0 aliphatic carbocycles. The number of pyridine rings is 1. The lowest BCUT2D eigenvalue weighted by Gasteiger charge is -2.25. The van der Waals surface area contributed by atoms with Crippen LogP contribution in [0.4, 0.5) is 14.6 Å². The van der Waals surface area contributed by atoms with Crippen molar-refractivity contribution in [2.45, 2.75) is 58.6 Å². The van der Waals surface area contributed by atoms with Crippen molar-refractivity contribution >= 4 is 28.5 Å². The summed E-state index contributed by atoms with van der Waals surface area (Å²) in [6.45, 7) is 7.40. The number of carbonyl (C=O) groups is 2. The van der Waals surface area contributed by atoms with E-state index in [0.717, 1.165) is 35.4 Å². The molecule has 1 heterocycles. The van der Waals surface area contributed by atoms with Gasteiger partial charge in [0.05, 0.1) is 17.7 Å². The van der Waals surface area contributed by atoms with E-state index in [0.29, 0.717) is 36.6 Å². The standard InChI is InChI=1S/C35H40F2N4O3/c1-4-14-41(15-5-2)35(44)27-17-23(3)16-26(21-27)34(43)40-31(20-24-18-28(36)22-29(37)19-24)32(42)12-13-38-33-11-10-25-8-6-7-9-30(25)39-33/h6-11,16-19,21-22,31-32,42H,4-5,12-15,20H2,1-3H3,(H,38,39)(H,40,43)/t31-,32+/m0/s1. The fraction of sp³-hybridized carbons (Fsp3) is 0.343. The summed E-state index contributed by atoms with van der Waals surface area (Å²) in [7, 11) is 0. The maximum atomic E-state index is 14.0. The Kier molecular flexibility index (Phi) is 11.4. The summed E-state index contributed by atoms with van der Waals surface area (Å²) in [5.41, 5.74) is 2.55. The van der Waals surface area contributed by atoms with Crippen molar-refractivity contribution in [1.29, 1.82) is 0 Å². The summed E-state index contributed by atoms with van der Waals surface area (Å²) >= 11 is 0. The fourth-order valence-electron chi connectivity index (χ4n) is 5.31. The Morgan fingerprint density at radius 2 is 1.59 bits per heavy atom. The van der Waals surface area contributed by atoms with Crippen LogP contribution in [0.3, 0.4) is 0 Å². The monoisotopic (exact) mass is 602 g/mol. The molecule has 4 aromatic rings. The van der Waals surface area contributed by atoms with Crippen molar-refractivity contribution in [1.82, 2.24) is 15.2 Å². The second-order valence-corrected chi connectivity index (χ2v) is 11.1. The zero-order valence-electron chi connectivity index (χ0n) is 25.4. The van der Waals surface area contributed by atoms with E-state index < -0.39 is 29.7 Å². The number of hydrogen-bond acceptors (Lipinski definition) is 5. The van der Waals surface area contributed by atoms with Crippen molar-refractivity contribution < 1.29 is 23.5 Å². The number of anilines is 1. The Morgan fingerprint density at radius 3 is 2.30 bits per heavy atom. The van der Waals surface area contributed by atoms with Crippen LogP contribution in [0.25, 0.3) is 10.9 Å². The second-order valence-electron chi connectivity index (χ2n) is 11.1. The molecule has 0 fully saturated rings. The van der Waals surface area contributed by atoms with Gasteiger partial charge in [0.25, 0.3) is 11.8 Å². The van der Waals surface area contributed by atoms with Crippen molar-refractivity contribution in [3.63, 3.8) is 0 Å². The van der Waals surface area contributed by atoms with Crippen molar-refractivity contribution in [2.24, 2.45) is 0 Å². The first-order valence-corrected chi connectivity index (χ1v) is 15.1. The molecular formula is C35H40F2N4O3. The Bertz CT molecular complexity index is 1570. The molecule has 0 unspecified atom stereocenters. The highest BCUT2D eigenvalue weighted by molar-refractivity contribution is 6.00. The van der Waals surface area contributed by atoms with Gasteiger partial charge in [-0.05, 0) is 92.3 Å². The average molecular weight is 603 g/mol. The molecule has 0 radical (unpaired) electrons. The maximum absolute atomic E-state index is 14.0. The van der Waals surface area contributed by atoms with Crippen molar-refractivity contribution in [3.05, 3.63) is 107 Å². The molecule has 2 atom stereocenters. The molecular weight excluding hydrogens is 562 g/mol. The van der Waals surface area contributed by atoms with E-state index in [-0.39, 0.29) is 24.3 Å². The fourth-order valence-corrected chi connectivity index (χ4v) is 5.31. The number of carbonyl (C=O) groups excluding carboxylic acids is 2. The summed E-state index contributed by atoms with van der Waals surface area (Å²) in [5, 5.41) is 18.3. The maximum Gasteiger partial charge on any atom is 0.253 e. The van der Waals surface area contributed by atoms with Gasteiger partial charge in [0, 0.05) is 42.2 Å². The van der Waals surface area contributed by atoms with Gasteiger partial charge in [0.2, 0.25) is 0 Å². The molecule has 0 spiro atoms. The van der Waals surface area contributed by atoms with Crippen LogP contribution in [0.15, 0.2) is 72.8 Å². The third kappa shape index (κ3) is 8.83. The summed E-state index contributed by atoms with van der Waals surface area (Å²) in [5.74, 6) is -1.49. The molecule has 0 bridgehead atoms. The summed E-state index contributed by atoms with van der Waals surface area (Å²) in [4.78, 5) is 33.2. The molecule has 7 nitrogen and oxygen atoms in total. The molecule has 44 heavy (non-hydrogen) atoms. The number of rotatable bonds is 14. The van der Waals surface area contributed by atoms with Gasteiger partial charge in [-0.1, -0.05) is 32.0 Å². The van der Waals surface area contributed by atoms with Gasteiger partial charge in [0.1, 0.15) is 17.5 Å². The molecule has 0 aliphatic rings. The number of benzene rings is 3. The summed E-state index contributed by atoms with van der Waals surface area (Å²) in [6, 6.07) is 18.8. The number of hydrogen-bond donors (Lipinski definition) is 3. The van der Waals surface area contributed by atoms with Gasteiger partial charge in [-0.15, -0.1) is 0 Å². The second kappa shape index (κ2) is 15.4. The first-order chi connectivity index (χ1) is 21.2. The minimum absolute atomic E-state index is 0.00576. The lowest BCUT2D eigenvalue weighted by molar-refractivity contribution is 0.0755. The number of nitrogens with zero attached hydrogens (tertiary/aromatic N) is 2. The van der Waals surface area contributed by atoms with E-state index in [4.69, 9.17) is 0 Å². The first kappa shape index (κ1) is 32.5. The highest BCUT2D eigenvalue weighted by Gasteiger charge is 2.24. The van der Waals surface area contributed by atoms with E-state index in [1.54, 1.807) is 23.1 Å². The third-order valence-electron chi connectivity index (χ3n) is 7.36. The molecule has 3 aromatic carbocycles. The minimum Gasteiger partial charge on any atom is -0.391 e. The minimum atomic E-state index is -1.06. The summed E-state index contributed by atoms with van der Waals surface area (Å²) < 4.78 is 28.0. The Morgan fingerprint density at radius 1 is 0.909 bits per heavy atom. The molecule has 1 aromatic heterocycles. The Hall–Kier alpha value is -4.37. The SMILES string of the molecule is CCCN(CCC)C(=O)c1cc(C)cc(C(=O)N[C@@H](Cc2cc(F)cc(F)c2)[C@H](O)CCNc2ccc3ccccc3n2)c1. The predicted molar refractivity (Wildman–Crippen MR) is 170 cm³/mol. The molecule has 9 heteroatoms. The summed E-state index contributed by atoms with van der Waals surface area (Å²) in [6.07, 6.45) is 0.786. The number of fused-ring (bicyclic) bond motifs is 1. The molecule has 2 amide bonds. The normalized spacial score (nSPS) is 12.5. The lowest BCUT2D eigenvalue weighted by atomic mass is 9.97. The number of aliphatic hydroxyl groups excluding tert-OH is 1. The van der Waals surface area contributed by atoms with Gasteiger partial charge in [-0.3, -0.25) is 9.59 Å². The van der Waals surface area contributed by atoms with Gasteiger partial charge >= 0.3 is 0 Å². The van der Waals surface area contributed by atoms with E-state index >= 15 is 0 Å². The van der Waals surface area contributed by atoms with Crippen LogP contribution in [0, 0.1) is 18.6 Å². The number of amides is 2. The smallest absolute Gasteiger partial charge is 0.253 e. The van der Waals surface area contributed by atoms with Crippen molar-refractivity contribution in [3.8, 4) is 0 Å². The molecule has 232 valence electrons. The molecule has 4 rings (SSSR count). The number of aryl methyl sites for hydroxylation is 1. The molecule has 0 aliphatic heterocycles. The van der Waals surface area contributed by atoms with Crippen LogP contribution in [-0.4, -0.2) is 58.6 Å². The van der Waals surface area contributed by atoms with E-state index in [1.165, 1.54) is 12.1 Å². The topological polar surface area (TPSA) is 94.6 Å². The number of aliphatic hydroxyl groups is 1. The largest absolute Gasteiger partial charge is 0.391 e. The zero-order chi connectivity index (χ0) is 31.6. The van der Waals surface area contributed by atoms with Crippen LogP contribution in [-0.2, 0) is 6.42 Å². The Balaban J connectivity index is 1.51. The number of aromatic nitrogens is 1. The average Bonchev–Trinajstić information content (AvgIpc) is 2.99. The quantitative estimate of drug-likeness (QED) is 0.158. The molecule has 0 saturated carbocycles. The molecule has 0 saturated heterocycles.